The van der Waals surface area contributed by atoms with Crippen molar-refractivity contribution in [1.82, 2.24) is 10.2 Å². The number of nitrogens with one attached hydrogen (secondary N) is 2. The lowest BCUT2D eigenvalue weighted by atomic mass is 9.76. The molecule has 2 fully saturated rings. The van der Waals surface area contributed by atoms with Gasteiger partial charge in [0, 0.05) is 35.8 Å². The third kappa shape index (κ3) is 2.47. The molecule has 4 atom stereocenters. The lowest BCUT2D eigenvalue weighted by molar-refractivity contribution is -0.143. The number of carbonyl (C=O) groups excluding carboxylic acids is 4. The lowest BCUT2D eigenvalue weighted by Gasteiger charge is -2.29. The zero-order valence-electron chi connectivity index (χ0n) is 15.0. The van der Waals surface area contributed by atoms with Crippen LogP contribution in [-0.4, -0.2) is 54.8 Å². The van der Waals surface area contributed by atoms with Gasteiger partial charge in [0.05, 0.1) is 25.0 Å². The van der Waals surface area contributed by atoms with Gasteiger partial charge >= 0.3 is 0 Å². The predicted molar refractivity (Wildman–Crippen MR) is 98.1 cm³/mol. The Morgan fingerprint density at radius 3 is 2.75 bits per heavy atom. The Morgan fingerprint density at radius 2 is 2.07 bits per heavy atom. The zero-order chi connectivity index (χ0) is 20.2. The van der Waals surface area contributed by atoms with Crippen molar-refractivity contribution in [3.8, 4) is 0 Å². The van der Waals surface area contributed by atoms with E-state index >= 15 is 0 Å². The predicted octanol–water partition coefficient (Wildman–Crippen LogP) is -0.418. The summed E-state index contributed by atoms with van der Waals surface area (Å²) in [6, 6.07) is 4.12. The zero-order valence-corrected chi connectivity index (χ0v) is 15.8. The molecular formula is C18H19ClN4O5. The molecule has 10 heteroatoms. The van der Waals surface area contributed by atoms with E-state index in [1.165, 1.54) is 7.11 Å². The van der Waals surface area contributed by atoms with E-state index in [0.717, 1.165) is 4.90 Å². The van der Waals surface area contributed by atoms with E-state index in [-0.39, 0.29) is 19.6 Å². The van der Waals surface area contributed by atoms with Crippen molar-refractivity contribution >= 4 is 40.9 Å². The second-order valence-corrected chi connectivity index (χ2v) is 7.63. The number of fused-ring (bicyclic) bond motifs is 4. The second-order valence-electron chi connectivity index (χ2n) is 7.20. The maximum atomic E-state index is 13.2. The van der Waals surface area contributed by atoms with E-state index < -0.39 is 47.0 Å². The Kier molecular flexibility index (Phi) is 4.40. The molecule has 0 bridgehead atoms. The lowest BCUT2D eigenvalue weighted by Crippen LogP contribution is -2.53. The summed E-state index contributed by atoms with van der Waals surface area (Å²) in [6.45, 7) is 0.247. The Balaban J connectivity index is 1.85. The highest BCUT2D eigenvalue weighted by Crippen LogP contribution is 2.53. The molecule has 0 saturated carbocycles. The first kappa shape index (κ1) is 18.9. The van der Waals surface area contributed by atoms with Gasteiger partial charge in [-0.25, -0.2) is 0 Å². The highest BCUT2D eigenvalue weighted by molar-refractivity contribution is 6.31. The van der Waals surface area contributed by atoms with Gasteiger partial charge in [-0.1, -0.05) is 11.6 Å². The number of benzene rings is 1. The Hall–Kier alpha value is -2.49. The van der Waals surface area contributed by atoms with Gasteiger partial charge in [-0.05, 0) is 18.2 Å². The van der Waals surface area contributed by atoms with Crippen molar-refractivity contribution in [2.75, 3.05) is 25.6 Å². The van der Waals surface area contributed by atoms with Crippen LogP contribution in [0, 0.1) is 11.8 Å². The summed E-state index contributed by atoms with van der Waals surface area (Å²) in [7, 11) is 1.47. The molecule has 9 nitrogen and oxygen atoms in total. The van der Waals surface area contributed by atoms with Gasteiger partial charge in [0.2, 0.25) is 23.6 Å². The van der Waals surface area contributed by atoms with E-state index in [4.69, 9.17) is 22.1 Å². The molecule has 0 radical (unpaired) electrons. The number of nitrogens with two attached hydrogens (primary N) is 1. The molecular weight excluding hydrogens is 388 g/mol. The number of anilines is 1. The van der Waals surface area contributed by atoms with Gasteiger partial charge < -0.3 is 15.8 Å². The van der Waals surface area contributed by atoms with Crippen molar-refractivity contribution in [2.45, 2.75) is 18.0 Å². The largest absolute Gasteiger partial charge is 0.383 e. The average Bonchev–Trinajstić information content (AvgIpc) is 3.19. The molecule has 0 aromatic heterocycles. The molecule has 3 heterocycles. The number of nitrogens with zero attached hydrogens (tertiary/aromatic N) is 1. The highest BCUT2D eigenvalue weighted by atomic mass is 35.5. The molecule has 148 valence electrons. The first-order valence-corrected chi connectivity index (χ1v) is 9.20. The number of hydrogen-bond donors (Lipinski definition) is 3. The maximum absolute atomic E-state index is 13.2. The standard InChI is InChI=1S/C18H19ClN4O5/c1-28-5-4-23-15(25)13-11(7-12(20)24)22-18(14(13)16(23)26)9-6-8(19)2-3-10(9)21-17(18)27/h2-3,6,11,13-14,22H,4-5,7H2,1H3,(H2,20,24)(H,21,27)/t11-,13-,14+,18-/m1/s1. The fourth-order valence-electron chi connectivity index (χ4n) is 4.63. The van der Waals surface area contributed by atoms with Crippen LogP contribution in [0.15, 0.2) is 18.2 Å². The molecule has 4 rings (SSSR count). The Labute approximate surface area is 165 Å². The monoisotopic (exact) mass is 406 g/mol. The van der Waals surface area contributed by atoms with Crippen LogP contribution in [0.1, 0.15) is 12.0 Å². The topological polar surface area (TPSA) is 131 Å². The maximum Gasteiger partial charge on any atom is 0.250 e. The third-order valence-corrected chi connectivity index (χ3v) is 5.94. The van der Waals surface area contributed by atoms with Crippen LogP contribution < -0.4 is 16.4 Å². The van der Waals surface area contributed by atoms with Crippen molar-refractivity contribution in [3.05, 3.63) is 28.8 Å². The molecule has 3 aliphatic heterocycles. The minimum absolute atomic E-state index is 0.0740. The molecule has 0 aliphatic carbocycles. The number of imide groups is 1. The number of rotatable bonds is 5. The van der Waals surface area contributed by atoms with Gasteiger partial charge in [0.1, 0.15) is 5.54 Å². The van der Waals surface area contributed by atoms with Crippen LogP contribution >= 0.6 is 11.6 Å². The number of methoxy groups -OCH3 is 1. The minimum Gasteiger partial charge on any atom is -0.383 e. The summed E-state index contributed by atoms with van der Waals surface area (Å²) in [5.41, 5.74) is 4.87. The van der Waals surface area contributed by atoms with Crippen molar-refractivity contribution < 1.29 is 23.9 Å². The van der Waals surface area contributed by atoms with Crippen molar-refractivity contribution in [3.63, 3.8) is 0 Å². The molecule has 2 saturated heterocycles. The summed E-state index contributed by atoms with van der Waals surface area (Å²) in [6.07, 6.45) is -0.177. The molecule has 4 amide bonds. The van der Waals surface area contributed by atoms with Crippen LogP contribution in [0.2, 0.25) is 5.02 Å². The molecule has 1 aromatic rings. The van der Waals surface area contributed by atoms with Crippen molar-refractivity contribution in [2.24, 2.45) is 17.6 Å². The number of carbonyl (C=O) groups is 4. The van der Waals surface area contributed by atoms with Gasteiger partial charge in [-0.15, -0.1) is 0 Å². The van der Waals surface area contributed by atoms with E-state index in [1.807, 2.05) is 0 Å². The first-order chi connectivity index (χ1) is 13.3. The molecule has 0 unspecified atom stereocenters. The fraction of sp³-hybridized carbons (Fsp3) is 0.444. The normalized spacial score (nSPS) is 30.7. The molecule has 28 heavy (non-hydrogen) atoms. The molecule has 3 aliphatic rings. The van der Waals surface area contributed by atoms with Gasteiger partial charge in [-0.2, -0.15) is 0 Å². The van der Waals surface area contributed by atoms with E-state index in [2.05, 4.69) is 10.6 Å². The Morgan fingerprint density at radius 1 is 1.32 bits per heavy atom. The number of amides is 4. The van der Waals surface area contributed by atoms with Crippen LogP contribution in [0.25, 0.3) is 0 Å². The second kappa shape index (κ2) is 6.54. The first-order valence-electron chi connectivity index (χ1n) is 8.83. The van der Waals surface area contributed by atoms with Crippen LogP contribution in [0.5, 0.6) is 0 Å². The van der Waals surface area contributed by atoms with Gasteiger partial charge in [0.15, 0.2) is 0 Å². The summed E-state index contributed by atoms with van der Waals surface area (Å²) >= 11 is 6.14. The summed E-state index contributed by atoms with van der Waals surface area (Å²) < 4.78 is 4.99. The summed E-state index contributed by atoms with van der Waals surface area (Å²) in [5.74, 6) is -3.89. The number of ether oxygens (including phenoxy) is 1. The van der Waals surface area contributed by atoms with E-state index in [9.17, 15) is 19.2 Å². The van der Waals surface area contributed by atoms with Crippen LogP contribution in [0.3, 0.4) is 0 Å². The van der Waals surface area contributed by atoms with E-state index in [1.54, 1.807) is 18.2 Å². The molecule has 1 spiro atoms. The third-order valence-electron chi connectivity index (χ3n) is 5.71. The summed E-state index contributed by atoms with van der Waals surface area (Å²) in [4.78, 5) is 52.0. The number of primary amides is 1. The van der Waals surface area contributed by atoms with Crippen molar-refractivity contribution in [1.29, 1.82) is 0 Å². The van der Waals surface area contributed by atoms with E-state index in [0.29, 0.717) is 16.3 Å². The highest BCUT2D eigenvalue weighted by Gasteiger charge is 2.70. The summed E-state index contributed by atoms with van der Waals surface area (Å²) in [5, 5.41) is 6.24. The fourth-order valence-corrected chi connectivity index (χ4v) is 4.80. The average molecular weight is 407 g/mol. The smallest absolute Gasteiger partial charge is 0.250 e. The molecule has 4 N–H and O–H groups in total. The SMILES string of the molecule is COCCN1C(=O)[C@H]2[C@@H](C1=O)[C@@]1(N[C@@H]2CC(N)=O)C(=O)Nc2ccc(Cl)cc21. The number of likely N-dealkylation sites (tertiary alicyclic amines) is 1. The van der Waals surface area contributed by atoms with Gasteiger partial charge in [0.25, 0.3) is 0 Å². The van der Waals surface area contributed by atoms with Crippen LogP contribution in [0.4, 0.5) is 5.69 Å². The van der Waals surface area contributed by atoms with Crippen LogP contribution in [-0.2, 0) is 29.5 Å². The number of hydrogen-bond acceptors (Lipinski definition) is 6. The Bertz CT molecular complexity index is 906. The van der Waals surface area contributed by atoms with Gasteiger partial charge in [-0.3, -0.25) is 29.4 Å². The minimum atomic E-state index is -1.49. The molecule has 1 aromatic carbocycles. The quantitative estimate of drug-likeness (QED) is 0.569. The number of halogens is 1.